The number of rotatable bonds is 7. The summed E-state index contributed by atoms with van der Waals surface area (Å²) in [7, 11) is 0. The molecule has 0 radical (unpaired) electrons. The minimum atomic E-state index is -0.568. The van der Waals surface area contributed by atoms with Crippen LogP contribution in [-0.4, -0.2) is 39.2 Å². The minimum absolute atomic E-state index is 0.0419. The molecular formula is C23H33FN6O2. The smallest absolute Gasteiger partial charge is 0.407 e. The van der Waals surface area contributed by atoms with E-state index in [1.807, 2.05) is 27.0 Å². The lowest BCUT2D eigenvalue weighted by Crippen LogP contribution is -2.41. The number of alkyl carbamates (subject to hydrolysis) is 1. The van der Waals surface area contributed by atoms with Crippen LogP contribution in [0.1, 0.15) is 71.3 Å². The second-order valence-corrected chi connectivity index (χ2v) is 9.12. The fourth-order valence-corrected chi connectivity index (χ4v) is 3.82. The van der Waals surface area contributed by atoms with Gasteiger partial charge in [0.1, 0.15) is 11.4 Å². The van der Waals surface area contributed by atoms with Gasteiger partial charge in [0.25, 0.3) is 0 Å². The molecule has 0 unspecified atom stereocenters. The van der Waals surface area contributed by atoms with E-state index in [-0.39, 0.29) is 18.1 Å². The van der Waals surface area contributed by atoms with Gasteiger partial charge in [-0.1, -0.05) is 13.3 Å². The van der Waals surface area contributed by atoms with Gasteiger partial charge in [0.2, 0.25) is 11.9 Å². The number of halogens is 1. The molecule has 3 rings (SSSR count). The third kappa shape index (κ3) is 7.03. The highest BCUT2D eigenvalue weighted by atomic mass is 19.1. The van der Waals surface area contributed by atoms with Gasteiger partial charge in [0, 0.05) is 42.3 Å². The summed E-state index contributed by atoms with van der Waals surface area (Å²) in [5.41, 5.74) is 1.04. The molecule has 0 aliphatic heterocycles. The lowest BCUT2D eigenvalue weighted by Gasteiger charge is -2.31. The topological polar surface area (TPSA) is 101 Å². The maximum atomic E-state index is 13.4. The number of anilines is 3. The number of nitrogens with one attached hydrogen (secondary N) is 3. The summed E-state index contributed by atoms with van der Waals surface area (Å²) in [5, 5.41) is 9.44. The maximum absolute atomic E-state index is 13.4. The average molecular weight is 445 g/mol. The van der Waals surface area contributed by atoms with E-state index in [2.05, 4.69) is 37.8 Å². The lowest BCUT2D eigenvalue weighted by atomic mass is 9.82. The van der Waals surface area contributed by atoms with Crippen molar-refractivity contribution in [2.75, 3.05) is 17.2 Å². The Kier molecular flexibility index (Phi) is 7.82. The fourth-order valence-electron chi connectivity index (χ4n) is 3.82. The van der Waals surface area contributed by atoms with Crippen molar-refractivity contribution in [1.82, 2.24) is 20.3 Å². The van der Waals surface area contributed by atoms with Crippen LogP contribution in [0.5, 0.6) is 0 Å². The van der Waals surface area contributed by atoms with E-state index in [0.29, 0.717) is 11.6 Å². The number of hydrogen-bond acceptors (Lipinski definition) is 7. The Morgan fingerprint density at radius 3 is 2.81 bits per heavy atom. The van der Waals surface area contributed by atoms with Crippen LogP contribution >= 0.6 is 0 Å². The number of hydrogen-bond donors (Lipinski definition) is 3. The van der Waals surface area contributed by atoms with E-state index in [1.54, 1.807) is 6.07 Å². The van der Waals surface area contributed by atoms with Crippen molar-refractivity contribution < 1.29 is 13.9 Å². The first-order valence-electron chi connectivity index (χ1n) is 11.2. The number of amides is 1. The highest BCUT2D eigenvalue weighted by Gasteiger charge is 2.28. The summed E-state index contributed by atoms with van der Waals surface area (Å²) in [6, 6.07) is 3.00. The lowest BCUT2D eigenvalue weighted by molar-refractivity contribution is 0.0490. The number of nitrogens with zero attached hydrogens (tertiary/aromatic N) is 3. The van der Waals surface area contributed by atoms with Gasteiger partial charge in [-0.2, -0.15) is 9.37 Å². The van der Waals surface area contributed by atoms with E-state index in [9.17, 15) is 9.18 Å². The van der Waals surface area contributed by atoms with Gasteiger partial charge in [-0.05, 0) is 58.4 Å². The monoisotopic (exact) mass is 444 g/mol. The summed E-state index contributed by atoms with van der Waals surface area (Å²) in [6.07, 6.45) is 7.50. The molecule has 32 heavy (non-hydrogen) atoms. The molecule has 0 saturated heterocycles. The molecule has 0 aromatic carbocycles. The number of pyridine rings is 1. The zero-order valence-electron chi connectivity index (χ0n) is 19.2. The van der Waals surface area contributed by atoms with Gasteiger partial charge in [-0.15, -0.1) is 0 Å². The molecule has 0 spiro atoms. The largest absolute Gasteiger partial charge is 0.444 e. The van der Waals surface area contributed by atoms with Crippen molar-refractivity contribution in [1.29, 1.82) is 0 Å². The first-order chi connectivity index (χ1) is 15.2. The van der Waals surface area contributed by atoms with Crippen molar-refractivity contribution in [3.8, 4) is 0 Å². The van der Waals surface area contributed by atoms with Gasteiger partial charge in [0.05, 0.1) is 0 Å². The molecule has 3 N–H and O–H groups in total. The first kappa shape index (κ1) is 23.7. The predicted octanol–water partition coefficient (Wildman–Crippen LogP) is 5.13. The predicted molar refractivity (Wildman–Crippen MR) is 123 cm³/mol. The molecule has 0 bridgehead atoms. The van der Waals surface area contributed by atoms with Gasteiger partial charge < -0.3 is 20.7 Å². The summed E-state index contributed by atoms with van der Waals surface area (Å²) in [6.45, 7) is 8.44. The average Bonchev–Trinajstić information content (AvgIpc) is 2.71. The fraction of sp³-hybridized carbons (Fsp3) is 0.565. The van der Waals surface area contributed by atoms with Gasteiger partial charge in [0.15, 0.2) is 0 Å². The third-order valence-electron chi connectivity index (χ3n) is 5.18. The van der Waals surface area contributed by atoms with Gasteiger partial charge in [-0.25, -0.2) is 14.8 Å². The first-order valence-corrected chi connectivity index (χ1v) is 11.2. The van der Waals surface area contributed by atoms with Crippen molar-refractivity contribution in [2.24, 2.45) is 0 Å². The molecule has 2 heterocycles. The van der Waals surface area contributed by atoms with Crippen LogP contribution < -0.4 is 16.0 Å². The summed E-state index contributed by atoms with van der Waals surface area (Å²) in [4.78, 5) is 24.9. The summed E-state index contributed by atoms with van der Waals surface area (Å²) >= 11 is 0. The Labute approximate surface area is 188 Å². The van der Waals surface area contributed by atoms with Gasteiger partial charge >= 0.3 is 6.09 Å². The molecule has 1 saturated carbocycles. The summed E-state index contributed by atoms with van der Waals surface area (Å²) < 4.78 is 18.8. The molecule has 8 nitrogen and oxygen atoms in total. The van der Waals surface area contributed by atoms with Crippen LogP contribution in [0, 0.1) is 5.95 Å². The molecule has 2 atom stereocenters. The number of aromatic nitrogens is 3. The highest BCUT2D eigenvalue weighted by Crippen LogP contribution is 2.36. The normalized spacial score (nSPS) is 18.7. The molecule has 1 aliphatic carbocycles. The summed E-state index contributed by atoms with van der Waals surface area (Å²) in [5.74, 6) is 0.802. The van der Waals surface area contributed by atoms with Crippen LogP contribution in [0.3, 0.4) is 0 Å². The van der Waals surface area contributed by atoms with E-state index in [1.165, 1.54) is 12.3 Å². The van der Waals surface area contributed by atoms with Crippen LogP contribution in [0.25, 0.3) is 0 Å². The third-order valence-corrected chi connectivity index (χ3v) is 5.18. The zero-order chi connectivity index (χ0) is 23.1. The Balaban J connectivity index is 1.74. The SMILES string of the molecule is CCCNc1nc(Nc2ccnc(F)c2)ncc1[C@@H]1CCC[C@H](NC(=O)OC(C)(C)C)C1. The van der Waals surface area contributed by atoms with Gasteiger partial charge in [-0.3, -0.25) is 0 Å². The molecule has 174 valence electrons. The highest BCUT2D eigenvalue weighted by molar-refractivity contribution is 5.68. The Hall–Kier alpha value is -2.97. The molecule has 2 aromatic rings. The standard InChI is InChI=1S/C23H33FN6O2/c1-5-10-26-20-18(14-27-21(30-20)28-17-9-11-25-19(24)13-17)15-7-6-8-16(12-15)29-22(31)32-23(2,3)4/h9,11,13-16H,5-8,10,12H2,1-4H3,(H,29,31)(H2,25,26,27,28,30)/t15-,16+/m1/s1. The molecular weight excluding hydrogens is 411 g/mol. The van der Waals surface area contributed by atoms with E-state index < -0.39 is 11.5 Å². The maximum Gasteiger partial charge on any atom is 0.407 e. The molecule has 1 aliphatic rings. The van der Waals surface area contributed by atoms with Crippen molar-refractivity contribution in [3.63, 3.8) is 0 Å². The van der Waals surface area contributed by atoms with E-state index >= 15 is 0 Å². The number of carbonyl (C=O) groups excluding carboxylic acids is 1. The molecule has 2 aromatic heterocycles. The minimum Gasteiger partial charge on any atom is -0.444 e. The van der Waals surface area contributed by atoms with E-state index in [4.69, 9.17) is 4.74 Å². The Bertz CT molecular complexity index is 918. The van der Waals surface area contributed by atoms with Crippen molar-refractivity contribution in [3.05, 3.63) is 36.0 Å². The van der Waals surface area contributed by atoms with Crippen LogP contribution in [-0.2, 0) is 4.74 Å². The molecule has 1 amide bonds. The number of carbonyl (C=O) groups is 1. The van der Waals surface area contributed by atoms with Crippen LogP contribution in [0.15, 0.2) is 24.5 Å². The second-order valence-electron chi connectivity index (χ2n) is 9.12. The van der Waals surface area contributed by atoms with E-state index in [0.717, 1.165) is 50.0 Å². The zero-order valence-corrected chi connectivity index (χ0v) is 19.2. The van der Waals surface area contributed by atoms with Crippen molar-refractivity contribution in [2.45, 2.75) is 77.4 Å². The Morgan fingerprint density at radius 2 is 2.09 bits per heavy atom. The van der Waals surface area contributed by atoms with Crippen LogP contribution in [0.4, 0.5) is 26.6 Å². The molecule has 9 heteroatoms. The van der Waals surface area contributed by atoms with Crippen molar-refractivity contribution >= 4 is 23.5 Å². The second kappa shape index (κ2) is 10.6. The van der Waals surface area contributed by atoms with Crippen LogP contribution in [0.2, 0.25) is 0 Å². The Morgan fingerprint density at radius 1 is 1.28 bits per heavy atom. The molecule has 1 fully saturated rings. The number of ether oxygens (including phenoxy) is 1. The quantitative estimate of drug-likeness (QED) is 0.509.